The molecule has 0 unspecified atom stereocenters. The molecule has 2 rings (SSSR count). The Morgan fingerprint density at radius 3 is 2.74 bits per heavy atom. The van der Waals surface area contributed by atoms with Gasteiger partial charge < -0.3 is 0 Å². The van der Waals surface area contributed by atoms with E-state index in [1.807, 2.05) is 13.8 Å². The fourth-order valence-electron chi connectivity index (χ4n) is 1.91. The molecule has 0 aliphatic rings. The largest absolute Gasteiger partial charge is 0.334 e. The number of pyridine rings is 1. The fraction of sp³-hybridized carbons (Fsp3) is 0.308. The van der Waals surface area contributed by atoms with E-state index in [9.17, 15) is 9.59 Å². The van der Waals surface area contributed by atoms with Crippen LogP contribution in [0.4, 0.5) is 0 Å². The van der Waals surface area contributed by atoms with Crippen LogP contribution in [0, 0.1) is 6.92 Å². The Hall–Kier alpha value is -1.88. The average molecular weight is 280 g/mol. The van der Waals surface area contributed by atoms with Crippen LogP contribution in [0.3, 0.4) is 0 Å². The van der Waals surface area contributed by atoms with Gasteiger partial charge in [0.15, 0.2) is 0 Å². The zero-order valence-electron chi connectivity index (χ0n) is 10.7. The molecular formula is C13H14ClN3O2. The smallest absolute Gasteiger partial charge is 0.297 e. The molecule has 2 aromatic heterocycles. The summed E-state index contributed by atoms with van der Waals surface area (Å²) in [4.78, 5) is 30.8. The van der Waals surface area contributed by atoms with Gasteiger partial charge in [0.1, 0.15) is 5.15 Å². The number of hydrogen-bond acceptors (Lipinski definition) is 3. The number of aromatic amines is 1. The molecule has 19 heavy (non-hydrogen) atoms. The van der Waals surface area contributed by atoms with E-state index in [1.165, 1.54) is 6.20 Å². The number of rotatable bonds is 3. The van der Waals surface area contributed by atoms with Gasteiger partial charge in [-0.15, -0.1) is 0 Å². The van der Waals surface area contributed by atoms with E-state index in [0.717, 1.165) is 16.6 Å². The highest BCUT2D eigenvalue weighted by molar-refractivity contribution is 6.30. The maximum Gasteiger partial charge on any atom is 0.334 e. The molecule has 0 atom stereocenters. The number of aryl methyl sites for hydroxylation is 1. The van der Waals surface area contributed by atoms with Gasteiger partial charge in [0, 0.05) is 6.20 Å². The highest BCUT2D eigenvalue weighted by atomic mass is 35.5. The topological polar surface area (TPSA) is 67.8 Å². The molecule has 2 heterocycles. The molecule has 0 aliphatic heterocycles. The highest BCUT2D eigenvalue weighted by Crippen LogP contribution is 2.10. The van der Waals surface area contributed by atoms with Crippen LogP contribution < -0.4 is 11.2 Å². The van der Waals surface area contributed by atoms with Crippen molar-refractivity contribution in [3.63, 3.8) is 0 Å². The Labute approximate surface area is 114 Å². The maximum absolute atomic E-state index is 12.3. The monoisotopic (exact) mass is 279 g/mol. The summed E-state index contributed by atoms with van der Waals surface area (Å²) in [6.45, 7) is 3.79. The van der Waals surface area contributed by atoms with Crippen LogP contribution >= 0.6 is 11.6 Å². The Bertz CT molecular complexity index is 719. The quantitative estimate of drug-likeness (QED) is 0.872. The number of halogens is 1. The third-order valence-corrected chi connectivity index (χ3v) is 3.09. The van der Waals surface area contributed by atoms with Crippen LogP contribution in [-0.2, 0) is 6.42 Å². The van der Waals surface area contributed by atoms with E-state index in [1.54, 1.807) is 12.3 Å². The number of H-pyrrole nitrogens is 1. The Morgan fingerprint density at radius 1 is 1.37 bits per heavy atom. The molecule has 0 radical (unpaired) electrons. The van der Waals surface area contributed by atoms with Gasteiger partial charge in [-0.2, -0.15) is 0 Å². The van der Waals surface area contributed by atoms with Crippen LogP contribution in [0.25, 0.3) is 5.69 Å². The molecule has 0 fully saturated rings. The van der Waals surface area contributed by atoms with Gasteiger partial charge in [-0.05, 0) is 25.0 Å². The summed E-state index contributed by atoms with van der Waals surface area (Å²) in [6.07, 6.45) is 4.43. The summed E-state index contributed by atoms with van der Waals surface area (Å²) < 4.78 is 1.07. The van der Waals surface area contributed by atoms with Crippen molar-refractivity contribution in [3.05, 3.63) is 55.6 Å². The number of nitrogens with one attached hydrogen (secondary N) is 1. The lowest BCUT2D eigenvalue weighted by molar-refractivity contribution is 0.808. The average Bonchev–Trinajstić information content (AvgIpc) is 2.34. The second kappa shape index (κ2) is 5.40. The van der Waals surface area contributed by atoms with Gasteiger partial charge in [0.2, 0.25) is 0 Å². The molecule has 0 amide bonds. The van der Waals surface area contributed by atoms with Crippen LogP contribution in [0.2, 0.25) is 5.15 Å². The van der Waals surface area contributed by atoms with E-state index in [-0.39, 0.29) is 10.7 Å². The second-order valence-corrected chi connectivity index (χ2v) is 4.71. The minimum absolute atomic E-state index is 0.119. The van der Waals surface area contributed by atoms with Crippen molar-refractivity contribution in [1.82, 2.24) is 14.5 Å². The Morgan fingerprint density at radius 2 is 2.11 bits per heavy atom. The predicted octanol–water partition coefficient (Wildman–Crippen LogP) is 1.84. The lowest BCUT2D eigenvalue weighted by Gasteiger charge is -2.08. The van der Waals surface area contributed by atoms with Crippen LogP contribution in [0.15, 0.2) is 28.0 Å². The van der Waals surface area contributed by atoms with Gasteiger partial charge in [0.05, 0.1) is 17.4 Å². The third-order valence-electron chi connectivity index (χ3n) is 2.76. The van der Waals surface area contributed by atoms with Gasteiger partial charge >= 0.3 is 5.69 Å². The summed E-state index contributed by atoms with van der Waals surface area (Å²) in [5.74, 6) is 0. The minimum atomic E-state index is -0.553. The highest BCUT2D eigenvalue weighted by Gasteiger charge is 2.13. The molecule has 0 aromatic carbocycles. The van der Waals surface area contributed by atoms with Gasteiger partial charge in [-0.1, -0.05) is 24.9 Å². The predicted molar refractivity (Wildman–Crippen MR) is 74.2 cm³/mol. The van der Waals surface area contributed by atoms with Crippen LogP contribution in [0.5, 0.6) is 0 Å². The second-order valence-electron chi connectivity index (χ2n) is 4.33. The first-order chi connectivity index (χ1) is 9.04. The van der Waals surface area contributed by atoms with Crippen LogP contribution in [0.1, 0.15) is 24.5 Å². The molecule has 100 valence electrons. The fourth-order valence-corrected chi connectivity index (χ4v) is 2.16. The maximum atomic E-state index is 12.3. The molecule has 0 aliphatic carbocycles. The first-order valence-electron chi connectivity index (χ1n) is 6.00. The summed E-state index contributed by atoms with van der Waals surface area (Å²) >= 11 is 5.92. The standard InChI is InChI=1S/C13H14ClN3O2/c1-3-4-10-11(14)16-13(19)17(12(10)18)9-5-8(2)6-15-7-9/h5-7H,3-4H2,1-2H3,(H,16,19). The zero-order valence-corrected chi connectivity index (χ0v) is 11.5. The van der Waals surface area contributed by atoms with Crippen molar-refractivity contribution in [2.24, 2.45) is 0 Å². The van der Waals surface area contributed by atoms with Crippen molar-refractivity contribution in [1.29, 1.82) is 0 Å². The van der Waals surface area contributed by atoms with E-state index in [0.29, 0.717) is 17.7 Å². The van der Waals surface area contributed by atoms with Crippen molar-refractivity contribution >= 4 is 11.6 Å². The van der Waals surface area contributed by atoms with Crippen molar-refractivity contribution in [2.45, 2.75) is 26.7 Å². The Kier molecular flexibility index (Phi) is 3.85. The third kappa shape index (κ3) is 2.61. The summed E-state index contributed by atoms with van der Waals surface area (Å²) in [5.41, 5.74) is 0.798. The van der Waals surface area contributed by atoms with Crippen molar-refractivity contribution in [3.8, 4) is 5.69 Å². The summed E-state index contributed by atoms with van der Waals surface area (Å²) in [5, 5.41) is 0.119. The molecule has 5 nitrogen and oxygen atoms in total. The van der Waals surface area contributed by atoms with E-state index < -0.39 is 5.69 Å². The Balaban J connectivity index is 2.74. The first kappa shape index (κ1) is 13.5. The van der Waals surface area contributed by atoms with Gasteiger partial charge in [-0.25, -0.2) is 9.36 Å². The first-order valence-corrected chi connectivity index (χ1v) is 6.38. The molecule has 2 aromatic rings. The number of hydrogen-bond donors (Lipinski definition) is 1. The molecular weight excluding hydrogens is 266 g/mol. The van der Waals surface area contributed by atoms with E-state index >= 15 is 0 Å². The lowest BCUT2D eigenvalue weighted by Crippen LogP contribution is -2.36. The molecule has 0 saturated heterocycles. The van der Waals surface area contributed by atoms with E-state index in [4.69, 9.17) is 11.6 Å². The van der Waals surface area contributed by atoms with Crippen molar-refractivity contribution < 1.29 is 0 Å². The summed E-state index contributed by atoms with van der Waals surface area (Å²) in [6, 6.07) is 1.73. The normalized spacial score (nSPS) is 10.7. The molecule has 1 N–H and O–H groups in total. The zero-order chi connectivity index (χ0) is 14.0. The lowest BCUT2D eigenvalue weighted by atomic mass is 10.2. The molecule has 0 spiro atoms. The van der Waals surface area contributed by atoms with E-state index in [2.05, 4.69) is 9.97 Å². The number of nitrogens with zero attached hydrogens (tertiary/aromatic N) is 2. The SMILES string of the molecule is CCCc1c(Cl)[nH]c(=O)n(-c2cncc(C)c2)c1=O. The molecule has 0 bridgehead atoms. The van der Waals surface area contributed by atoms with Crippen LogP contribution in [-0.4, -0.2) is 14.5 Å². The number of aromatic nitrogens is 3. The van der Waals surface area contributed by atoms with Gasteiger partial charge in [-0.3, -0.25) is 14.8 Å². The molecule has 6 heteroatoms. The summed E-state index contributed by atoms with van der Waals surface area (Å²) in [7, 11) is 0. The van der Waals surface area contributed by atoms with Crippen molar-refractivity contribution in [2.75, 3.05) is 0 Å². The van der Waals surface area contributed by atoms with Gasteiger partial charge in [0.25, 0.3) is 5.56 Å². The molecule has 0 saturated carbocycles. The minimum Gasteiger partial charge on any atom is -0.297 e.